The normalized spacial score (nSPS) is 15.8. The third-order valence-electron chi connectivity index (χ3n) is 4.36. The van der Waals surface area contributed by atoms with Gasteiger partial charge in [-0.05, 0) is 17.7 Å². The molecule has 1 fully saturated rings. The van der Waals surface area contributed by atoms with Crippen molar-refractivity contribution in [3.05, 3.63) is 57.5 Å². The number of hydrogen-bond acceptors (Lipinski definition) is 7. The van der Waals surface area contributed by atoms with E-state index < -0.39 is 29.4 Å². The summed E-state index contributed by atoms with van der Waals surface area (Å²) in [6, 6.07) is 5.50. The van der Waals surface area contributed by atoms with E-state index >= 15 is 0 Å². The van der Waals surface area contributed by atoms with Crippen molar-refractivity contribution in [1.82, 2.24) is 20.2 Å². The van der Waals surface area contributed by atoms with Gasteiger partial charge in [-0.2, -0.15) is 24.9 Å². The molecule has 33 heavy (non-hydrogen) atoms. The first-order valence-electron chi connectivity index (χ1n) is 9.35. The van der Waals surface area contributed by atoms with Crippen molar-refractivity contribution >= 4 is 23.6 Å². The maximum absolute atomic E-state index is 12.9. The molecule has 1 saturated heterocycles. The fourth-order valence-corrected chi connectivity index (χ4v) is 3.61. The van der Waals surface area contributed by atoms with Gasteiger partial charge in [0, 0.05) is 31.6 Å². The molecule has 1 aliphatic rings. The van der Waals surface area contributed by atoms with E-state index in [9.17, 15) is 32.3 Å². The van der Waals surface area contributed by atoms with Crippen LogP contribution in [0, 0.1) is 5.82 Å². The Morgan fingerprint density at radius 2 is 1.91 bits per heavy atom. The highest BCUT2D eigenvalue weighted by Gasteiger charge is 2.38. The average molecular weight is 492 g/mol. The van der Waals surface area contributed by atoms with Crippen LogP contribution >= 0.6 is 11.8 Å². The molecule has 14 heteroatoms. The summed E-state index contributed by atoms with van der Waals surface area (Å²) in [5, 5.41) is 23.1. The number of carboxylic acid groups (broad SMARTS) is 1. The summed E-state index contributed by atoms with van der Waals surface area (Å²) in [5.74, 6) is -2.37. The molecule has 1 atom stereocenters. The number of carboxylic acids is 1. The predicted molar refractivity (Wildman–Crippen MR) is 110 cm³/mol. The maximum Gasteiger partial charge on any atom is 0.490 e. The fourth-order valence-electron chi connectivity index (χ4n) is 2.68. The van der Waals surface area contributed by atoms with E-state index in [2.05, 4.69) is 15.6 Å². The van der Waals surface area contributed by atoms with Gasteiger partial charge in [0.05, 0.1) is 6.04 Å². The second kappa shape index (κ2) is 11.1. The van der Waals surface area contributed by atoms with Crippen LogP contribution in [0.2, 0.25) is 0 Å². The number of halogens is 4. The van der Waals surface area contributed by atoms with Gasteiger partial charge >= 0.3 is 12.1 Å². The molecule has 180 valence electrons. The van der Waals surface area contributed by atoms with Crippen LogP contribution in [0.5, 0.6) is 5.75 Å². The fraction of sp³-hybridized carbons (Fsp3) is 0.368. The molecular formula is C19H20F4N4O5S. The lowest BCUT2D eigenvalue weighted by Crippen LogP contribution is -2.37. The summed E-state index contributed by atoms with van der Waals surface area (Å²) in [6.45, 7) is 0.903. The van der Waals surface area contributed by atoms with Crippen molar-refractivity contribution in [3.8, 4) is 5.75 Å². The number of aromatic hydroxyl groups is 1. The molecule has 2 aromatic rings. The number of nitrogens with one attached hydrogen (secondary N) is 2. The van der Waals surface area contributed by atoms with Gasteiger partial charge in [0.1, 0.15) is 11.6 Å². The smallest absolute Gasteiger partial charge is 0.490 e. The highest BCUT2D eigenvalue weighted by molar-refractivity contribution is 7.99. The largest absolute Gasteiger partial charge is 0.501 e. The van der Waals surface area contributed by atoms with Crippen molar-refractivity contribution < 1.29 is 37.4 Å². The molecule has 1 aromatic carbocycles. The Hall–Kier alpha value is -3.13. The summed E-state index contributed by atoms with van der Waals surface area (Å²) < 4.78 is 45.9. The second-order valence-corrected chi connectivity index (χ2v) is 7.87. The number of nitrogens with zero attached hydrogens (tertiary/aromatic N) is 2. The topological polar surface area (TPSA) is 134 Å². The highest BCUT2D eigenvalue weighted by atomic mass is 32.2. The monoisotopic (exact) mass is 492 g/mol. The Kier molecular flexibility index (Phi) is 8.82. The van der Waals surface area contributed by atoms with Crippen LogP contribution in [0.3, 0.4) is 0 Å². The van der Waals surface area contributed by atoms with Crippen LogP contribution in [0.15, 0.2) is 29.1 Å². The standard InChI is InChI=1S/C17H19FN4O3S.C2HF3O2/c1-22-15(12-9-26-7-6-19-12)21-13(14(23)17(22)25)16(24)20-8-10-2-4-11(18)5-3-10;3-2(4,5)1(6)7/h2-5,12,19,23H,6-9H2,1H3,(H,20,24);(H,6,7). The molecule has 0 radical (unpaired) electrons. The maximum atomic E-state index is 12.9. The molecule has 0 aliphatic carbocycles. The number of alkyl halides is 3. The number of amides is 1. The van der Waals surface area contributed by atoms with E-state index in [0.717, 1.165) is 18.1 Å². The number of aromatic nitrogens is 2. The quantitative estimate of drug-likeness (QED) is 0.473. The Morgan fingerprint density at radius 3 is 2.42 bits per heavy atom. The first kappa shape index (κ1) is 26.1. The number of carbonyl (C=O) groups is 2. The van der Waals surface area contributed by atoms with Gasteiger partial charge in [-0.3, -0.25) is 14.2 Å². The third-order valence-corrected chi connectivity index (χ3v) is 5.42. The minimum Gasteiger partial charge on any atom is -0.501 e. The predicted octanol–water partition coefficient (Wildman–Crippen LogP) is 1.57. The molecule has 1 aromatic heterocycles. The summed E-state index contributed by atoms with van der Waals surface area (Å²) in [6.07, 6.45) is -5.08. The summed E-state index contributed by atoms with van der Waals surface area (Å²) in [7, 11) is 1.52. The molecule has 0 spiro atoms. The Morgan fingerprint density at radius 1 is 1.30 bits per heavy atom. The Labute approximate surface area is 188 Å². The number of rotatable bonds is 4. The molecule has 1 aliphatic heterocycles. The Balaban J connectivity index is 0.000000479. The minimum atomic E-state index is -5.08. The van der Waals surface area contributed by atoms with Gasteiger partial charge in [-0.15, -0.1) is 0 Å². The molecule has 0 saturated carbocycles. The number of aliphatic carboxylic acids is 1. The summed E-state index contributed by atoms with van der Waals surface area (Å²) in [4.78, 5) is 37.9. The molecule has 3 rings (SSSR count). The minimum absolute atomic E-state index is 0.127. The lowest BCUT2D eigenvalue weighted by atomic mass is 10.2. The van der Waals surface area contributed by atoms with Gasteiger partial charge < -0.3 is 20.8 Å². The lowest BCUT2D eigenvalue weighted by molar-refractivity contribution is -0.192. The van der Waals surface area contributed by atoms with Crippen molar-refractivity contribution in [3.63, 3.8) is 0 Å². The molecule has 9 nitrogen and oxygen atoms in total. The van der Waals surface area contributed by atoms with Gasteiger partial charge in [0.25, 0.3) is 11.5 Å². The van der Waals surface area contributed by atoms with Gasteiger partial charge in [0.2, 0.25) is 5.75 Å². The van der Waals surface area contributed by atoms with E-state index in [1.165, 1.54) is 23.7 Å². The lowest BCUT2D eigenvalue weighted by Gasteiger charge is -2.24. The van der Waals surface area contributed by atoms with Crippen molar-refractivity contribution in [1.29, 1.82) is 0 Å². The van der Waals surface area contributed by atoms with Crippen LogP contribution in [0.25, 0.3) is 0 Å². The number of hydrogen-bond donors (Lipinski definition) is 4. The van der Waals surface area contributed by atoms with Crippen LogP contribution in [-0.4, -0.2) is 55.9 Å². The average Bonchev–Trinajstić information content (AvgIpc) is 2.77. The van der Waals surface area contributed by atoms with E-state index in [4.69, 9.17) is 9.90 Å². The third kappa shape index (κ3) is 7.18. The van der Waals surface area contributed by atoms with E-state index in [0.29, 0.717) is 11.4 Å². The first-order chi connectivity index (χ1) is 15.4. The zero-order chi connectivity index (χ0) is 24.8. The van der Waals surface area contributed by atoms with Gasteiger partial charge in [-0.25, -0.2) is 14.2 Å². The molecule has 2 heterocycles. The van der Waals surface area contributed by atoms with Crippen LogP contribution in [-0.2, 0) is 18.4 Å². The van der Waals surface area contributed by atoms with E-state index in [1.54, 1.807) is 23.9 Å². The highest BCUT2D eigenvalue weighted by Crippen LogP contribution is 2.21. The second-order valence-electron chi connectivity index (χ2n) is 6.73. The number of carbonyl (C=O) groups excluding carboxylic acids is 1. The summed E-state index contributed by atoms with van der Waals surface area (Å²) >= 11 is 1.73. The molecule has 0 bridgehead atoms. The first-order valence-corrected chi connectivity index (χ1v) is 10.5. The Bertz CT molecular complexity index is 1050. The molecular weight excluding hydrogens is 472 g/mol. The van der Waals surface area contributed by atoms with Crippen LogP contribution in [0.1, 0.15) is 27.9 Å². The SMILES string of the molecule is Cn1c(C2CSCCN2)nc(C(=O)NCc2ccc(F)cc2)c(O)c1=O.O=C(O)C(F)(F)F. The summed E-state index contributed by atoms with van der Waals surface area (Å²) in [5.41, 5.74) is -0.282. The number of thioether (sulfide) groups is 1. The van der Waals surface area contributed by atoms with Gasteiger partial charge in [-0.1, -0.05) is 12.1 Å². The van der Waals surface area contributed by atoms with E-state index in [-0.39, 0.29) is 24.1 Å². The van der Waals surface area contributed by atoms with Crippen molar-refractivity contribution in [2.45, 2.75) is 18.8 Å². The van der Waals surface area contributed by atoms with Crippen LogP contribution < -0.4 is 16.2 Å². The number of benzene rings is 1. The zero-order valence-corrected chi connectivity index (χ0v) is 18.0. The molecule has 4 N–H and O–H groups in total. The van der Waals surface area contributed by atoms with Crippen LogP contribution in [0.4, 0.5) is 17.6 Å². The molecule has 1 amide bonds. The van der Waals surface area contributed by atoms with Crippen molar-refractivity contribution in [2.75, 3.05) is 18.1 Å². The van der Waals surface area contributed by atoms with Crippen molar-refractivity contribution in [2.24, 2.45) is 7.05 Å². The molecule has 1 unspecified atom stereocenters. The van der Waals surface area contributed by atoms with Gasteiger partial charge in [0.15, 0.2) is 5.69 Å². The van der Waals surface area contributed by atoms with E-state index in [1.807, 2.05) is 0 Å². The zero-order valence-electron chi connectivity index (χ0n) is 17.1.